The van der Waals surface area contributed by atoms with E-state index < -0.39 is 5.60 Å². The quantitative estimate of drug-likeness (QED) is 0.200. The second-order valence-corrected chi connectivity index (χ2v) is 12.7. The average molecular weight is 609 g/mol. The van der Waals surface area contributed by atoms with E-state index in [-0.39, 0.29) is 12.1 Å². The van der Waals surface area contributed by atoms with E-state index in [1.165, 1.54) is 0 Å². The number of nitrogens with zero attached hydrogens (tertiary/aromatic N) is 6. The summed E-state index contributed by atoms with van der Waals surface area (Å²) in [5.74, 6) is 0.794. The van der Waals surface area contributed by atoms with Crippen LogP contribution in [-0.4, -0.2) is 56.5 Å². The Bertz CT molecular complexity index is 1730. The fourth-order valence-electron chi connectivity index (χ4n) is 5.59. The Morgan fingerprint density at radius 2 is 1.67 bits per heavy atom. The minimum atomic E-state index is -0.529. The van der Waals surface area contributed by atoms with Gasteiger partial charge in [0, 0.05) is 18.8 Å². The van der Waals surface area contributed by atoms with E-state index >= 15 is 0 Å². The molecule has 0 bridgehead atoms. The first-order valence-electron chi connectivity index (χ1n) is 15.9. The molecule has 0 N–H and O–H groups in total. The van der Waals surface area contributed by atoms with Crippen LogP contribution in [0.5, 0.6) is 5.75 Å². The number of imidazole rings is 1. The third-order valence-electron chi connectivity index (χ3n) is 7.92. The highest BCUT2D eigenvalue weighted by molar-refractivity contribution is 5.76. The first kappa shape index (κ1) is 31.8. The third-order valence-corrected chi connectivity index (χ3v) is 7.92. The summed E-state index contributed by atoms with van der Waals surface area (Å²) in [6, 6.07) is 22.3. The monoisotopic (exact) mass is 608 g/mol. The Labute approximate surface area is 265 Å². The van der Waals surface area contributed by atoms with Gasteiger partial charge in [0.25, 0.3) is 0 Å². The average Bonchev–Trinajstić information content (AvgIpc) is 3.29. The Balaban J connectivity index is 1.56. The molecule has 1 aliphatic heterocycles. The number of nitriles is 1. The van der Waals surface area contributed by atoms with Gasteiger partial charge in [0.15, 0.2) is 0 Å². The highest BCUT2D eigenvalue weighted by Gasteiger charge is 2.27. The number of amides is 1. The van der Waals surface area contributed by atoms with Crippen LogP contribution >= 0.6 is 0 Å². The van der Waals surface area contributed by atoms with Crippen molar-refractivity contribution in [1.82, 2.24) is 19.0 Å². The maximum Gasteiger partial charge on any atom is 0.410 e. The number of piperidine rings is 1. The van der Waals surface area contributed by atoms with Crippen molar-refractivity contribution >= 4 is 17.1 Å². The summed E-state index contributed by atoms with van der Waals surface area (Å²) < 4.78 is 16.3. The minimum absolute atomic E-state index is 0.0321. The highest BCUT2D eigenvalue weighted by atomic mass is 16.6. The van der Waals surface area contributed by atoms with Gasteiger partial charge in [-0.05, 0) is 88.9 Å². The fourth-order valence-corrected chi connectivity index (χ4v) is 5.59. The number of hydrogen-bond acceptors (Lipinski definition) is 6. The molecule has 9 heteroatoms. The fraction of sp³-hybridized carbons (Fsp3) is 0.444. The zero-order valence-electron chi connectivity index (χ0n) is 27.1. The molecule has 0 aliphatic carbocycles. The molecule has 2 aromatic carbocycles. The van der Waals surface area contributed by atoms with Crippen LogP contribution in [0.25, 0.3) is 11.0 Å². The minimum Gasteiger partial charge on any atom is -0.492 e. The molecule has 1 amide bonds. The Kier molecular flexibility index (Phi) is 9.92. The topological polar surface area (TPSA) is 97.7 Å². The lowest BCUT2D eigenvalue weighted by molar-refractivity contribution is 0.0206. The van der Waals surface area contributed by atoms with Crippen molar-refractivity contribution in [3.05, 3.63) is 88.8 Å². The number of unbranched alkanes of at least 4 members (excludes halogenated alkanes) is 1. The zero-order valence-corrected chi connectivity index (χ0v) is 27.1. The largest absolute Gasteiger partial charge is 0.492 e. The molecule has 5 rings (SSSR count). The van der Waals surface area contributed by atoms with Crippen LogP contribution in [0.15, 0.2) is 65.7 Å². The highest BCUT2D eigenvalue weighted by Crippen LogP contribution is 2.23. The van der Waals surface area contributed by atoms with E-state index in [2.05, 4.69) is 46.4 Å². The first-order chi connectivity index (χ1) is 21.6. The van der Waals surface area contributed by atoms with E-state index in [9.17, 15) is 10.1 Å². The maximum atomic E-state index is 12.7. The van der Waals surface area contributed by atoms with Crippen molar-refractivity contribution in [2.45, 2.75) is 85.0 Å². The van der Waals surface area contributed by atoms with Gasteiger partial charge < -0.3 is 23.5 Å². The van der Waals surface area contributed by atoms with Gasteiger partial charge in [-0.1, -0.05) is 37.6 Å². The molecule has 0 atom stereocenters. The van der Waals surface area contributed by atoms with Gasteiger partial charge in [-0.15, -0.1) is 0 Å². The number of benzene rings is 2. The number of carbonyl (C=O) groups is 1. The summed E-state index contributed by atoms with van der Waals surface area (Å²) in [6.07, 6.45) is 3.25. The lowest BCUT2D eigenvalue weighted by atomic mass is 10.1. The summed E-state index contributed by atoms with van der Waals surface area (Å²) in [5.41, 5.74) is 5.95. The summed E-state index contributed by atoms with van der Waals surface area (Å²) in [4.78, 5) is 24.9. The molecular formula is C36H44N6O3. The predicted octanol–water partition coefficient (Wildman–Crippen LogP) is 6.59. The standard InChI is InChI=1S/C36H44N6O3/c1-6-7-22-44-33-17-12-26(2)38-30(33)25-42-32-11-9-8-10-31(32)41(24-28-15-13-27(23-37)14-16-28)34(42)39-29-18-20-40(21-19-29)35(43)45-36(3,4)5/h8-17,29H,6-7,18-22,24-25H2,1-5H3/b39-34+. The van der Waals surface area contributed by atoms with Gasteiger partial charge in [0.2, 0.25) is 5.62 Å². The van der Waals surface area contributed by atoms with Crippen molar-refractivity contribution in [1.29, 1.82) is 5.26 Å². The van der Waals surface area contributed by atoms with Gasteiger partial charge in [-0.25, -0.2) is 9.79 Å². The van der Waals surface area contributed by atoms with Crippen molar-refractivity contribution < 1.29 is 14.3 Å². The second kappa shape index (κ2) is 14.0. The molecule has 0 unspecified atom stereocenters. The maximum absolute atomic E-state index is 12.7. The van der Waals surface area contributed by atoms with Gasteiger partial charge >= 0.3 is 6.09 Å². The summed E-state index contributed by atoms with van der Waals surface area (Å²) in [7, 11) is 0. The normalized spacial score (nSPS) is 14.5. The number of hydrogen-bond donors (Lipinski definition) is 0. The summed E-state index contributed by atoms with van der Waals surface area (Å²) in [5, 5.41) is 9.33. The third kappa shape index (κ3) is 7.93. The van der Waals surface area contributed by atoms with Crippen molar-refractivity contribution in [2.75, 3.05) is 19.7 Å². The van der Waals surface area contributed by atoms with Crippen LogP contribution < -0.4 is 10.4 Å². The van der Waals surface area contributed by atoms with E-state index in [0.29, 0.717) is 38.3 Å². The number of para-hydroxylation sites is 2. The number of carbonyl (C=O) groups excluding carboxylic acids is 1. The van der Waals surface area contributed by atoms with Crippen LogP contribution in [-0.2, 0) is 17.8 Å². The molecule has 2 aromatic heterocycles. The second-order valence-electron chi connectivity index (χ2n) is 12.7. The number of rotatable bonds is 9. The SMILES string of the molecule is CCCCOc1ccc(C)nc1Cn1/c(=N/C2CCN(C(=O)OC(C)(C)C)CC2)n(Cc2ccc(C#N)cc2)c2ccccc21. The molecular weight excluding hydrogens is 564 g/mol. The van der Waals surface area contributed by atoms with Crippen LogP contribution in [0.4, 0.5) is 4.79 Å². The Morgan fingerprint density at radius 3 is 2.29 bits per heavy atom. The molecule has 1 fully saturated rings. The predicted molar refractivity (Wildman–Crippen MR) is 175 cm³/mol. The molecule has 0 saturated carbocycles. The van der Waals surface area contributed by atoms with Crippen LogP contribution in [0.1, 0.15) is 75.9 Å². The molecule has 3 heterocycles. The molecule has 45 heavy (non-hydrogen) atoms. The molecule has 1 saturated heterocycles. The molecule has 4 aromatic rings. The van der Waals surface area contributed by atoms with E-state index in [0.717, 1.165) is 65.0 Å². The lowest BCUT2D eigenvalue weighted by Crippen LogP contribution is -2.43. The van der Waals surface area contributed by atoms with Crippen LogP contribution in [0.3, 0.4) is 0 Å². The van der Waals surface area contributed by atoms with E-state index in [1.807, 2.05) is 64.1 Å². The van der Waals surface area contributed by atoms with Crippen molar-refractivity contribution in [3.63, 3.8) is 0 Å². The molecule has 9 nitrogen and oxygen atoms in total. The number of aryl methyl sites for hydroxylation is 1. The molecule has 0 radical (unpaired) electrons. The Hall–Kier alpha value is -4.58. The Morgan fingerprint density at radius 1 is 1.00 bits per heavy atom. The van der Waals surface area contributed by atoms with Gasteiger partial charge in [0.1, 0.15) is 17.0 Å². The summed E-state index contributed by atoms with van der Waals surface area (Å²) >= 11 is 0. The van der Waals surface area contributed by atoms with Gasteiger partial charge in [0.05, 0.1) is 48.4 Å². The lowest BCUT2D eigenvalue weighted by Gasteiger charge is -2.32. The first-order valence-corrected chi connectivity index (χ1v) is 15.9. The number of aromatic nitrogens is 3. The van der Waals surface area contributed by atoms with Gasteiger partial charge in [-0.2, -0.15) is 5.26 Å². The van der Waals surface area contributed by atoms with Gasteiger partial charge in [-0.3, -0.25) is 4.98 Å². The van der Waals surface area contributed by atoms with E-state index in [4.69, 9.17) is 19.5 Å². The summed E-state index contributed by atoms with van der Waals surface area (Å²) in [6.45, 7) is 12.7. The molecule has 1 aliphatic rings. The zero-order chi connectivity index (χ0) is 32.0. The van der Waals surface area contributed by atoms with E-state index in [1.54, 1.807) is 4.90 Å². The number of ether oxygens (including phenoxy) is 2. The number of pyridine rings is 1. The smallest absolute Gasteiger partial charge is 0.410 e. The van der Waals surface area contributed by atoms with Crippen LogP contribution in [0, 0.1) is 18.3 Å². The molecule has 236 valence electrons. The number of fused-ring (bicyclic) bond motifs is 1. The van der Waals surface area contributed by atoms with Crippen LogP contribution in [0.2, 0.25) is 0 Å². The molecule has 0 spiro atoms. The van der Waals surface area contributed by atoms with Crippen molar-refractivity contribution in [3.8, 4) is 11.8 Å². The van der Waals surface area contributed by atoms with Crippen molar-refractivity contribution in [2.24, 2.45) is 4.99 Å². The number of likely N-dealkylation sites (tertiary alicyclic amines) is 1.